The molecule has 2 aromatic rings. The summed E-state index contributed by atoms with van der Waals surface area (Å²) in [7, 11) is 0. The molecule has 1 atom stereocenters. The maximum atomic E-state index is 6.12. The van der Waals surface area contributed by atoms with Crippen LogP contribution >= 0.6 is 23.2 Å². The zero-order valence-corrected chi connectivity index (χ0v) is 11.4. The number of rotatable bonds is 3. The van der Waals surface area contributed by atoms with Crippen molar-refractivity contribution >= 4 is 28.9 Å². The van der Waals surface area contributed by atoms with Gasteiger partial charge in [-0.05, 0) is 25.1 Å². The average molecular weight is 282 g/mol. The van der Waals surface area contributed by atoms with Crippen LogP contribution in [-0.2, 0) is 0 Å². The molecule has 0 aliphatic heterocycles. The van der Waals surface area contributed by atoms with E-state index in [0.717, 1.165) is 5.56 Å². The molecule has 0 fully saturated rings. The molecule has 0 bridgehead atoms. The number of ether oxygens (including phenoxy) is 1. The molecule has 0 amide bonds. The molecule has 2 aromatic carbocycles. The highest BCUT2D eigenvalue weighted by Crippen LogP contribution is 2.30. The van der Waals surface area contributed by atoms with Crippen LogP contribution in [0.25, 0.3) is 0 Å². The predicted molar refractivity (Wildman–Crippen MR) is 76.4 cm³/mol. The van der Waals surface area contributed by atoms with E-state index in [0.29, 0.717) is 21.5 Å². The summed E-state index contributed by atoms with van der Waals surface area (Å²) in [4.78, 5) is 0. The summed E-state index contributed by atoms with van der Waals surface area (Å²) in [6.07, 6.45) is -0.153. The van der Waals surface area contributed by atoms with Gasteiger partial charge in [0.25, 0.3) is 0 Å². The Morgan fingerprint density at radius 2 is 1.78 bits per heavy atom. The van der Waals surface area contributed by atoms with Crippen molar-refractivity contribution in [1.82, 2.24) is 0 Å². The van der Waals surface area contributed by atoms with Gasteiger partial charge in [0.1, 0.15) is 11.9 Å². The van der Waals surface area contributed by atoms with E-state index in [2.05, 4.69) is 0 Å². The fourth-order valence-electron chi connectivity index (χ4n) is 1.67. The molecule has 0 aromatic heterocycles. The molecule has 2 nitrogen and oxygen atoms in total. The Balaban J connectivity index is 2.19. The van der Waals surface area contributed by atoms with Crippen LogP contribution in [0, 0.1) is 0 Å². The highest BCUT2D eigenvalue weighted by molar-refractivity contribution is 6.33. The summed E-state index contributed by atoms with van der Waals surface area (Å²) in [5.41, 5.74) is 7.17. The third-order valence-electron chi connectivity index (χ3n) is 2.62. The molecular weight excluding hydrogens is 269 g/mol. The zero-order valence-electron chi connectivity index (χ0n) is 9.86. The number of halogens is 2. The van der Waals surface area contributed by atoms with E-state index < -0.39 is 0 Å². The minimum absolute atomic E-state index is 0.153. The van der Waals surface area contributed by atoms with Gasteiger partial charge in [-0.3, -0.25) is 0 Å². The maximum Gasteiger partial charge on any atom is 0.122 e. The van der Waals surface area contributed by atoms with Gasteiger partial charge in [0.15, 0.2) is 0 Å². The third-order valence-corrected chi connectivity index (χ3v) is 3.31. The summed E-state index contributed by atoms with van der Waals surface area (Å²) < 4.78 is 5.79. The van der Waals surface area contributed by atoms with Crippen molar-refractivity contribution in [3.8, 4) is 5.75 Å². The highest BCUT2D eigenvalue weighted by atomic mass is 35.5. The molecule has 2 N–H and O–H groups in total. The molecule has 0 heterocycles. The Morgan fingerprint density at radius 1 is 1.06 bits per heavy atom. The van der Waals surface area contributed by atoms with Crippen molar-refractivity contribution in [2.45, 2.75) is 13.0 Å². The predicted octanol–water partition coefficient (Wildman–Crippen LogP) is 4.72. The first-order valence-corrected chi connectivity index (χ1v) is 6.29. The van der Waals surface area contributed by atoms with Crippen LogP contribution < -0.4 is 10.5 Å². The molecule has 0 spiro atoms. The van der Waals surface area contributed by atoms with Crippen molar-refractivity contribution < 1.29 is 4.74 Å². The second-order valence-corrected chi connectivity index (χ2v) is 4.78. The summed E-state index contributed by atoms with van der Waals surface area (Å²) in [6, 6.07) is 12.8. The van der Waals surface area contributed by atoms with E-state index in [-0.39, 0.29) is 6.10 Å². The monoisotopic (exact) mass is 281 g/mol. The molecule has 4 heteroatoms. The topological polar surface area (TPSA) is 35.2 Å². The number of nitrogen functional groups attached to an aromatic ring is 1. The van der Waals surface area contributed by atoms with Gasteiger partial charge >= 0.3 is 0 Å². The second kappa shape index (κ2) is 5.51. The Labute approximate surface area is 116 Å². The maximum absolute atomic E-state index is 6.12. The number of nitrogens with two attached hydrogens (primary N) is 1. The van der Waals surface area contributed by atoms with Gasteiger partial charge in [-0.25, -0.2) is 0 Å². The second-order valence-electron chi connectivity index (χ2n) is 3.96. The van der Waals surface area contributed by atoms with E-state index >= 15 is 0 Å². The minimum Gasteiger partial charge on any atom is -0.486 e. The number of hydrogen-bond acceptors (Lipinski definition) is 2. The highest BCUT2D eigenvalue weighted by Gasteiger charge is 2.11. The van der Waals surface area contributed by atoms with Crippen LogP contribution in [0.3, 0.4) is 0 Å². The Kier molecular flexibility index (Phi) is 4.00. The summed E-state index contributed by atoms with van der Waals surface area (Å²) >= 11 is 12.0. The van der Waals surface area contributed by atoms with Gasteiger partial charge in [-0.1, -0.05) is 41.4 Å². The largest absolute Gasteiger partial charge is 0.486 e. The van der Waals surface area contributed by atoms with Crippen molar-refractivity contribution in [3.05, 3.63) is 58.1 Å². The van der Waals surface area contributed by atoms with Gasteiger partial charge in [0, 0.05) is 16.7 Å². The Hall–Kier alpha value is -1.38. The van der Waals surface area contributed by atoms with Crippen LogP contribution in [0.15, 0.2) is 42.5 Å². The molecule has 0 aliphatic rings. The number of hydrogen-bond donors (Lipinski definition) is 1. The lowest BCUT2D eigenvalue weighted by Gasteiger charge is -2.16. The molecule has 0 saturated carbocycles. The molecule has 0 saturated heterocycles. The van der Waals surface area contributed by atoms with Crippen molar-refractivity contribution in [3.63, 3.8) is 0 Å². The van der Waals surface area contributed by atoms with Crippen molar-refractivity contribution in [2.75, 3.05) is 5.73 Å². The molecule has 18 heavy (non-hydrogen) atoms. The normalized spacial score (nSPS) is 12.2. The van der Waals surface area contributed by atoms with Crippen molar-refractivity contribution in [2.24, 2.45) is 0 Å². The summed E-state index contributed by atoms with van der Waals surface area (Å²) in [6.45, 7) is 1.94. The van der Waals surface area contributed by atoms with Crippen LogP contribution in [0.2, 0.25) is 10.0 Å². The first-order valence-electron chi connectivity index (χ1n) is 5.54. The molecule has 2 rings (SSSR count). The lowest BCUT2D eigenvalue weighted by Crippen LogP contribution is -2.04. The molecule has 0 aliphatic carbocycles. The van der Waals surface area contributed by atoms with Crippen LogP contribution in [-0.4, -0.2) is 0 Å². The summed E-state index contributed by atoms with van der Waals surface area (Å²) in [5.74, 6) is 0.671. The quantitative estimate of drug-likeness (QED) is 0.827. The van der Waals surface area contributed by atoms with Gasteiger partial charge in [0.2, 0.25) is 0 Å². The number of benzene rings is 2. The lowest BCUT2D eigenvalue weighted by molar-refractivity contribution is 0.227. The average Bonchev–Trinajstić information content (AvgIpc) is 2.34. The van der Waals surface area contributed by atoms with Crippen LogP contribution in [0.1, 0.15) is 18.6 Å². The van der Waals surface area contributed by atoms with E-state index in [4.69, 9.17) is 33.7 Å². The smallest absolute Gasteiger partial charge is 0.122 e. The minimum atomic E-state index is -0.153. The van der Waals surface area contributed by atoms with Gasteiger partial charge in [-0.15, -0.1) is 0 Å². The van der Waals surface area contributed by atoms with E-state index in [1.165, 1.54) is 0 Å². The van der Waals surface area contributed by atoms with Gasteiger partial charge in [-0.2, -0.15) is 0 Å². The van der Waals surface area contributed by atoms with Crippen molar-refractivity contribution in [1.29, 1.82) is 0 Å². The molecule has 94 valence electrons. The fourth-order valence-corrected chi connectivity index (χ4v) is 2.07. The molecular formula is C14H13Cl2NO. The number of anilines is 1. The van der Waals surface area contributed by atoms with E-state index in [1.807, 2.05) is 31.2 Å². The van der Waals surface area contributed by atoms with E-state index in [9.17, 15) is 0 Å². The van der Waals surface area contributed by atoms with Crippen LogP contribution in [0.4, 0.5) is 5.69 Å². The zero-order chi connectivity index (χ0) is 13.1. The van der Waals surface area contributed by atoms with Gasteiger partial charge in [0.05, 0.1) is 10.7 Å². The standard InChI is InChI=1S/C14H13Cl2NO/c1-9(11-4-2-3-5-12(11)15)18-10-6-7-13(16)14(17)8-10/h2-9H,17H2,1H3. The fraction of sp³-hybridized carbons (Fsp3) is 0.143. The molecule has 0 radical (unpaired) electrons. The third kappa shape index (κ3) is 2.89. The Bertz CT molecular complexity index is 557. The molecule has 1 unspecified atom stereocenters. The first kappa shape index (κ1) is 13.1. The Morgan fingerprint density at radius 3 is 2.44 bits per heavy atom. The van der Waals surface area contributed by atoms with E-state index in [1.54, 1.807) is 18.2 Å². The summed E-state index contributed by atoms with van der Waals surface area (Å²) in [5, 5.41) is 1.21. The van der Waals surface area contributed by atoms with Crippen LogP contribution in [0.5, 0.6) is 5.75 Å². The SMILES string of the molecule is CC(Oc1ccc(Cl)c(N)c1)c1ccccc1Cl. The lowest BCUT2D eigenvalue weighted by atomic mass is 10.1. The first-order chi connectivity index (χ1) is 8.58. The van der Waals surface area contributed by atoms with Gasteiger partial charge < -0.3 is 10.5 Å².